The Labute approximate surface area is 121 Å². The van der Waals surface area contributed by atoms with E-state index < -0.39 is 5.60 Å². The molecule has 0 spiro atoms. The summed E-state index contributed by atoms with van der Waals surface area (Å²) in [5.74, 6) is -0.0693. The lowest BCUT2D eigenvalue weighted by Crippen LogP contribution is -2.42. The Bertz CT molecular complexity index is 448. The van der Waals surface area contributed by atoms with E-state index in [-0.39, 0.29) is 5.91 Å². The molecule has 0 unspecified atom stereocenters. The Morgan fingerprint density at radius 1 is 1.20 bits per heavy atom. The third-order valence-corrected chi connectivity index (χ3v) is 4.26. The van der Waals surface area contributed by atoms with Gasteiger partial charge in [-0.25, -0.2) is 0 Å². The summed E-state index contributed by atoms with van der Waals surface area (Å²) < 4.78 is 0. The van der Waals surface area contributed by atoms with Crippen molar-refractivity contribution in [2.75, 3.05) is 6.54 Å². The van der Waals surface area contributed by atoms with Crippen molar-refractivity contribution in [1.82, 2.24) is 5.32 Å². The topological polar surface area (TPSA) is 49.3 Å². The van der Waals surface area contributed by atoms with Crippen molar-refractivity contribution in [2.24, 2.45) is 0 Å². The SMILES string of the molecule is CCc1ccccc1C(=O)NCC1(O)CCCCCC1. The molecule has 1 saturated carbocycles. The molecule has 2 rings (SSSR count). The molecule has 0 radical (unpaired) electrons. The van der Waals surface area contributed by atoms with Gasteiger partial charge in [0.25, 0.3) is 5.91 Å². The number of hydrogen-bond donors (Lipinski definition) is 2. The van der Waals surface area contributed by atoms with E-state index in [2.05, 4.69) is 5.32 Å². The molecule has 1 aliphatic rings. The van der Waals surface area contributed by atoms with Crippen LogP contribution >= 0.6 is 0 Å². The Morgan fingerprint density at radius 2 is 1.85 bits per heavy atom. The number of amides is 1. The van der Waals surface area contributed by atoms with Crippen LogP contribution in [0.15, 0.2) is 24.3 Å². The van der Waals surface area contributed by atoms with Crippen LogP contribution in [0.25, 0.3) is 0 Å². The Kier molecular flexibility index (Phi) is 5.18. The molecule has 0 saturated heterocycles. The molecule has 0 bridgehead atoms. The molecule has 1 aliphatic carbocycles. The average Bonchev–Trinajstić information content (AvgIpc) is 2.70. The van der Waals surface area contributed by atoms with Gasteiger partial charge in [0.2, 0.25) is 0 Å². The van der Waals surface area contributed by atoms with Crippen LogP contribution in [0, 0.1) is 0 Å². The number of aliphatic hydroxyl groups is 1. The van der Waals surface area contributed by atoms with E-state index in [4.69, 9.17) is 0 Å². The number of nitrogens with one attached hydrogen (secondary N) is 1. The Balaban J connectivity index is 1.97. The molecule has 0 atom stereocenters. The van der Waals surface area contributed by atoms with Gasteiger partial charge in [-0.05, 0) is 30.9 Å². The molecular weight excluding hydrogens is 250 g/mol. The summed E-state index contributed by atoms with van der Waals surface area (Å²) >= 11 is 0. The van der Waals surface area contributed by atoms with Crippen LogP contribution in [0.2, 0.25) is 0 Å². The maximum absolute atomic E-state index is 12.3. The highest BCUT2D eigenvalue weighted by atomic mass is 16.3. The van der Waals surface area contributed by atoms with Gasteiger partial charge in [0.05, 0.1) is 5.60 Å². The van der Waals surface area contributed by atoms with Crippen molar-refractivity contribution in [3.63, 3.8) is 0 Å². The first-order valence-electron chi connectivity index (χ1n) is 7.73. The highest BCUT2D eigenvalue weighted by molar-refractivity contribution is 5.95. The zero-order chi connectivity index (χ0) is 14.4. The fraction of sp³-hybridized carbons (Fsp3) is 0.588. The van der Waals surface area contributed by atoms with Gasteiger partial charge in [-0.2, -0.15) is 0 Å². The average molecular weight is 275 g/mol. The molecule has 0 heterocycles. The molecule has 3 heteroatoms. The first-order valence-corrected chi connectivity index (χ1v) is 7.73. The standard InChI is InChI=1S/C17H25NO2/c1-2-14-9-5-6-10-15(14)16(19)18-13-17(20)11-7-3-4-8-12-17/h5-6,9-10,20H,2-4,7-8,11-13H2,1H3,(H,18,19). The highest BCUT2D eigenvalue weighted by Gasteiger charge is 2.28. The number of aryl methyl sites for hydroxylation is 1. The van der Waals surface area contributed by atoms with Crippen molar-refractivity contribution in [2.45, 2.75) is 57.5 Å². The molecule has 20 heavy (non-hydrogen) atoms. The van der Waals surface area contributed by atoms with Gasteiger partial charge >= 0.3 is 0 Å². The largest absolute Gasteiger partial charge is 0.388 e. The summed E-state index contributed by atoms with van der Waals surface area (Å²) in [6, 6.07) is 7.67. The third-order valence-electron chi connectivity index (χ3n) is 4.26. The number of hydrogen-bond acceptors (Lipinski definition) is 2. The number of benzene rings is 1. The van der Waals surface area contributed by atoms with E-state index in [9.17, 15) is 9.90 Å². The van der Waals surface area contributed by atoms with Gasteiger partial charge in [0.15, 0.2) is 0 Å². The number of rotatable bonds is 4. The Hall–Kier alpha value is -1.35. The number of carbonyl (C=O) groups excluding carboxylic acids is 1. The maximum atomic E-state index is 12.3. The molecular formula is C17H25NO2. The first kappa shape index (κ1) is 15.0. The highest BCUT2D eigenvalue weighted by Crippen LogP contribution is 2.26. The van der Waals surface area contributed by atoms with Crippen LogP contribution in [0.5, 0.6) is 0 Å². The van der Waals surface area contributed by atoms with Crippen LogP contribution in [0.1, 0.15) is 61.4 Å². The van der Waals surface area contributed by atoms with Gasteiger partial charge < -0.3 is 10.4 Å². The quantitative estimate of drug-likeness (QED) is 0.830. The van der Waals surface area contributed by atoms with Crippen molar-refractivity contribution >= 4 is 5.91 Å². The first-order chi connectivity index (χ1) is 9.64. The monoisotopic (exact) mass is 275 g/mol. The zero-order valence-corrected chi connectivity index (χ0v) is 12.3. The third kappa shape index (κ3) is 3.83. The lowest BCUT2D eigenvalue weighted by atomic mass is 9.94. The fourth-order valence-electron chi connectivity index (χ4n) is 2.95. The summed E-state index contributed by atoms with van der Waals surface area (Å²) in [4.78, 5) is 12.3. The predicted molar refractivity (Wildman–Crippen MR) is 80.8 cm³/mol. The van der Waals surface area contributed by atoms with Gasteiger partial charge in [0.1, 0.15) is 0 Å². The normalized spacial score (nSPS) is 18.3. The van der Waals surface area contributed by atoms with Crippen LogP contribution < -0.4 is 5.32 Å². The van der Waals surface area contributed by atoms with Crippen LogP contribution in [0.4, 0.5) is 0 Å². The van der Waals surface area contributed by atoms with Crippen molar-refractivity contribution in [3.05, 3.63) is 35.4 Å². The minimum absolute atomic E-state index is 0.0693. The van der Waals surface area contributed by atoms with Gasteiger partial charge in [0, 0.05) is 12.1 Å². The maximum Gasteiger partial charge on any atom is 0.251 e. The van der Waals surface area contributed by atoms with Crippen LogP contribution in [0.3, 0.4) is 0 Å². The smallest absolute Gasteiger partial charge is 0.251 e. The van der Waals surface area contributed by atoms with Crippen molar-refractivity contribution in [1.29, 1.82) is 0 Å². The van der Waals surface area contributed by atoms with E-state index in [1.165, 1.54) is 12.8 Å². The molecule has 3 nitrogen and oxygen atoms in total. The van der Waals surface area contributed by atoms with Crippen molar-refractivity contribution in [3.8, 4) is 0 Å². The second kappa shape index (κ2) is 6.89. The minimum atomic E-state index is -0.715. The molecule has 110 valence electrons. The van der Waals surface area contributed by atoms with E-state index in [0.29, 0.717) is 6.54 Å². The summed E-state index contributed by atoms with van der Waals surface area (Å²) in [6.45, 7) is 2.41. The molecule has 1 amide bonds. The summed E-state index contributed by atoms with van der Waals surface area (Å²) in [6.07, 6.45) is 6.92. The number of carbonyl (C=O) groups is 1. The summed E-state index contributed by atoms with van der Waals surface area (Å²) in [7, 11) is 0. The molecule has 1 fully saturated rings. The zero-order valence-electron chi connectivity index (χ0n) is 12.3. The predicted octanol–water partition coefficient (Wildman–Crippen LogP) is 3.06. The second-order valence-electron chi connectivity index (χ2n) is 5.83. The van der Waals surface area contributed by atoms with Crippen LogP contribution in [-0.4, -0.2) is 23.2 Å². The minimum Gasteiger partial charge on any atom is -0.388 e. The summed E-state index contributed by atoms with van der Waals surface area (Å²) in [5.41, 5.74) is 1.07. The molecule has 0 aliphatic heterocycles. The lowest BCUT2D eigenvalue weighted by molar-refractivity contribution is 0.0246. The Morgan fingerprint density at radius 3 is 2.50 bits per heavy atom. The lowest BCUT2D eigenvalue weighted by Gasteiger charge is -2.27. The summed E-state index contributed by atoms with van der Waals surface area (Å²) in [5, 5.41) is 13.5. The molecule has 0 aromatic heterocycles. The van der Waals surface area contributed by atoms with Crippen molar-refractivity contribution < 1.29 is 9.90 Å². The van der Waals surface area contributed by atoms with Gasteiger partial charge in [-0.1, -0.05) is 50.8 Å². The van der Waals surface area contributed by atoms with Gasteiger partial charge in [-0.3, -0.25) is 4.79 Å². The van der Waals surface area contributed by atoms with Crippen LogP contribution in [-0.2, 0) is 6.42 Å². The van der Waals surface area contributed by atoms with E-state index in [1.807, 2.05) is 31.2 Å². The molecule has 2 N–H and O–H groups in total. The molecule has 1 aromatic rings. The van der Waals surface area contributed by atoms with E-state index in [0.717, 1.165) is 43.2 Å². The van der Waals surface area contributed by atoms with Gasteiger partial charge in [-0.15, -0.1) is 0 Å². The molecule has 1 aromatic carbocycles. The second-order valence-corrected chi connectivity index (χ2v) is 5.83. The fourth-order valence-corrected chi connectivity index (χ4v) is 2.95. The van der Waals surface area contributed by atoms with E-state index >= 15 is 0 Å². The van der Waals surface area contributed by atoms with E-state index in [1.54, 1.807) is 0 Å².